The topological polar surface area (TPSA) is 44.8 Å². The predicted molar refractivity (Wildman–Crippen MR) is 76.7 cm³/mol. The van der Waals surface area contributed by atoms with Crippen LogP contribution in [0.3, 0.4) is 0 Å². The summed E-state index contributed by atoms with van der Waals surface area (Å²) >= 11 is 0. The number of hydrogen-bond acceptors (Lipinski definition) is 4. The van der Waals surface area contributed by atoms with Crippen LogP contribution in [-0.4, -0.2) is 32.2 Å². The molecule has 4 nitrogen and oxygen atoms in total. The Morgan fingerprint density at radius 1 is 1.35 bits per heavy atom. The van der Waals surface area contributed by atoms with Crippen molar-refractivity contribution >= 4 is 6.29 Å². The lowest BCUT2D eigenvalue weighted by Gasteiger charge is -2.13. The van der Waals surface area contributed by atoms with E-state index >= 15 is 0 Å². The molecule has 1 aromatic rings. The Labute approximate surface area is 120 Å². The van der Waals surface area contributed by atoms with Crippen LogP contribution in [0.15, 0.2) is 18.2 Å². The van der Waals surface area contributed by atoms with Gasteiger partial charge in [0.2, 0.25) is 0 Å². The molecule has 1 unspecified atom stereocenters. The minimum Gasteiger partial charge on any atom is -0.490 e. The number of benzene rings is 1. The molecule has 4 heteroatoms. The van der Waals surface area contributed by atoms with Gasteiger partial charge in [0.05, 0.1) is 19.3 Å². The monoisotopic (exact) mass is 278 g/mol. The van der Waals surface area contributed by atoms with Gasteiger partial charge in [-0.25, -0.2) is 0 Å². The molecule has 110 valence electrons. The van der Waals surface area contributed by atoms with Crippen molar-refractivity contribution in [2.45, 2.75) is 38.7 Å². The van der Waals surface area contributed by atoms with Gasteiger partial charge in [0, 0.05) is 12.2 Å². The molecule has 1 fully saturated rings. The minimum atomic E-state index is 0.405. The zero-order valence-electron chi connectivity index (χ0n) is 12.0. The Kier molecular flexibility index (Phi) is 5.87. The van der Waals surface area contributed by atoms with E-state index in [0.29, 0.717) is 36.4 Å². The lowest BCUT2D eigenvalue weighted by atomic mass is 10.1. The number of aldehydes is 1. The minimum absolute atomic E-state index is 0.405. The van der Waals surface area contributed by atoms with E-state index in [1.807, 2.05) is 6.92 Å². The van der Waals surface area contributed by atoms with Crippen LogP contribution >= 0.6 is 0 Å². The van der Waals surface area contributed by atoms with E-state index in [-0.39, 0.29) is 0 Å². The van der Waals surface area contributed by atoms with E-state index in [4.69, 9.17) is 14.2 Å². The molecule has 1 atom stereocenters. The molecule has 1 aliphatic rings. The van der Waals surface area contributed by atoms with Gasteiger partial charge in [0.25, 0.3) is 0 Å². The first-order valence-corrected chi connectivity index (χ1v) is 7.30. The third-order valence-corrected chi connectivity index (χ3v) is 3.36. The number of rotatable bonds is 8. The van der Waals surface area contributed by atoms with Gasteiger partial charge in [0.1, 0.15) is 6.29 Å². The largest absolute Gasteiger partial charge is 0.490 e. The highest BCUT2D eigenvalue weighted by Gasteiger charge is 2.15. The Morgan fingerprint density at radius 2 is 2.25 bits per heavy atom. The first-order valence-electron chi connectivity index (χ1n) is 7.30. The first kappa shape index (κ1) is 14.9. The molecule has 1 heterocycles. The van der Waals surface area contributed by atoms with Crippen molar-refractivity contribution in [3.8, 4) is 11.5 Å². The van der Waals surface area contributed by atoms with E-state index in [0.717, 1.165) is 32.2 Å². The molecule has 0 N–H and O–H groups in total. The zero-order valence-corrected chi connectivity index (χ0v) is 12.0. The molecular weight excluding hydrogens is 256 g/mol. The average molecular weight is 278 g/mol. The van der Waals surface area contributed by atoms with E-state index in [9.17, 15) is 4.79 Å². The Balaban J connectivity index is 1.82. The standard InChI is InChI=1S/C16H22O4/c1-2-18-16-11-13(12-17)7-8-15(16)20-10-4-6-14-5-3-9-19-14/h7-8,11-12,14H,2-6,9-10H2,1H3. The summed E-state index contributed by atoms with van der Waals surface area (Å²) in [5, 5.41) is 0. The second-order valence-electron chi connectivity index (χ2n) is 4.88. The maximum Gasteiger partial charge on any atom is 0.161 e. The lowest BCUT2D eigenvalue weighted by molar-refractivity contribution is 0.0979. The quantitative estimate of drug-likeness (QED) is 0.541. The number of hydrogen-bond donors (Lipinski definition) is 0. The molecule has 1 saturated heterocycles. The first-order chi connectivity index (χ1) is 9.83. The highest BCUT2D eigenvalue weighted by molar-refractivity contribution is 5.76. The van der Waals surface area contributed by atoms with Crippen molar-refractivity contribution in [1.82, 2.24) is 0 Å². The highest BCUT2D eigenvalue weighted by Crippen LogP contribution is 2.28. The number of carbonyl (C=O) groups is 1. The van der Waals surface area contributed by atoms with Crippen molar-refractivity contribution in [2.75, 3.05) is 19.8 Å². The van der Waals surface area contributed by atoms with Crippen LogP contribution in [0.1, 0.15) is 43.0 Å². The highest BCUT2D eigenvalue weighted by atomic mass is 16.5. The fraction of sp³-hybridized carbons (Fsp3) is 0.562. The van der Waals surface area contributed by atoms with Gasteiger partial charge in [-0.2, -0.15) is 0 Å². The summed E-state index contributed by atoms with van der Waals surface area (Å²) in [4.78, 5) is 10.8. The van der Waals surface area contributed by atoms with E-state index < -0.39 is 0 Å². The van der Waals surface area contributed by atoms with Gasteiger partial charge in [-0.1, -0.05) is 0 Å². The van der Waals surface area contributed by atoms with Gasteiger partial charge in [0.15, 0.2) is 11.5 Å². The van der Waals surface area contributed by atoms with Gasteiger partial charge >= 0.3 is 0 Å². The molecule has 0 bridgehead atoms. The molecule has 0 spiro atoms. The summed E-state index contributed by atoms with van der Waals surface area (Å²) in [7, 11) is 0. The molecular formula is C16H22O4. The number of carbonyl (C=O) groups excluding carboxylic acids is 1. The van der Waals surface area contributed by atoms with Crippen LogP contribution in [0.5, 0.6) is 11.5 Å². The van der Waals surface area contributed by atoms with Crippen LogP contribution < -0.4 is 9.47 Å². The fourth-order valence-electron chi connectivity index (χ4n) is 2.35. The molecule has 1 aliphatic heterocycles. The van der Waals surface area contributed by atoms with Crippen LogP contribution in [0.25, 0.3) is 0 Å². The van der Waals surface area contributed by atoms with Gasteiger partial charge < -0.3 is 14.2 Å². The average Bonchev–Trinajstić information content (AvgIpc) is 2.98. The molecule has 1 aromatic carbocycles. The molecule has 0 radical (unpaired) electrons. The molecule has 0 aromatic heterocycles. The Morgan fingerprint density at radius 3 is 2.95 bits per heavy atom. The normalized spacial score (nSPS) is 17.9. The van der Waals surface area contributed by atoms with Crippen molar-refractivity contribution < 1.29 is 19.0 Å². The summed E-state index contributed by atoms with van der Waals surface area (Å²) in [6, 6.07) is 5.25. The summed E-state index contributed by atoms with van der Waals surface area (Å²) in [5.74, 6) is 1.33. The van der Waals surface area contributed by atoms with Gasteiger partial charge in [-0.3, -0.25) is 4.79 Å². The summed E-state index contributed by atoms with van der Waals surface area (Å²) in [5.41, 5.74) is 0.597. The smallest absolute Gasteiger partial charge is 0.161 e. The summed E-state index contributed by atoms with van der Waals surface area (Å²) < 4.78 is 16.8. The second kappa shape index (κ2) is 7.90. The van der Waals surface area contributed by atoms with E-state index in [1.54, 1.807) is 18.2 Å². The van der Waals surface area contributed by atoms with E-state index in [1.165, 1.54) is 6.42 Å². The molecule has 0 saturated carbocycles. The maximum absolute atomic E-state index is 10.8. The van der Waals surface area contributed by atoms with Crippen LogP contribution in [-0.2, 0) is 4.74 Å². The molecule has 0 amide bonds. The second-order valence-corrected chi connectivity index (χ2v) is 4.88. The predicted octanol–water partition coefficient (Wildman–Crippen LogP) is 3.24. The summed E-state index contributed by atoms with van der Waals surface area (Å²) in [6.45, 7) is 4.00. The zero-order chi connectivity index (χ0) is 14.2. The molecule has 20 heavy (non-hydrogen) atoms. The Hall–Kier alpha value is -1.55. The SMILES string of the molecule is CCOc1cc(C=O)ccc1OCCCC1CCCO1. The van der Waals surface area contributed by atoms with Crippen molar-refractivity contribution in [1.29, 1.82) is 0 Å². The van der Waals surface area contributed by atoms with Crippen molar-refractivity contribution in [2.24, 2.45) is 0 Å². The third-order valence-electron chi connectivity index (χ3n) is 3.36. The van der Waals surface area contributed by atoms with Crippen LogP contribution in [0.2, 0.25) is 0 Å². The van der Waals surface area contributed by atoms with Gasteiger partial charge in [-0.05, 0) is 50.8 Å². The van der Waals surface area contributed by atoms with Crippen LogP contribution in [0.4, 0.5) is 0 Å². The van der Waals surface area contributed by atoms with Crippen LogP contribution in [0, 0.1) is 0 Å². The van der Waals surface area contributed by atoms with Crippen molar-refractivity contribution in [3.05, 3.63) is 23.8 Å². The maximum atomic E-state index is 10.8. The molecule has 0 aliphatic carbocycles. The fourth-order valence-corrected chi connectivity index (χ4v) is 2.35. The third kappa shape index (κ3) is 4.23. The van der Waals surface area contributed by atoms with E-state index in [2.05, 4.69) is 0 Å². The van der Waals surface area contributed by atoms with Crippen molar-refractivity contribution in [3.63, 3.8) is 0 Å². The number of ether oxygens (including phenoxy) is 3. The lowest BCUT2D eigenvalue weighted by Crippen LogP contribution is -2.08. The Bertz CT molecular complexity index is 424. The summed E-state index contributed by atoms with van der Waals surface area (Å²) in [6.07, 6.45) is 5.55. The van der Waals surface area contributed by atoms with Gasteiger partial charge in [-0.15, -0.1) is 0 Å². The molecule has 2 rings (SSSR count).